The number of aryl methyl sites for hydroxylation is 3. The highest BCUT2D eigenvalue weighted by Gasteiger charge is 2.27. The summed E-state index contributed by atoms with van der Waals surface area (Å²) in [5, 5.41) is 14.7. The molecule has 0 fully saturated rings. The zero-order valence-electron chi connectivity index (χ0n) is 32.4. The average molecular weight is 748 g/mol. The smallest absolute Gasteiger partial charge is 0.276 e. The first-order valence-electron chi connectivity index (χ1n) is 18.4. The number of nitro benzene ring substituents is 1. The van der Waals surface area contributed by atoms with Crippen LogP contribution in [0, 0.1) is 17.0 Å². The van der Waals surface area contributed by atoms with E-state index in [2.05, 4.69) is 35.5 Å². The lowest BCUT2D eigenvalue weighted by molar-refractivity contribution is -0.385. The summed E-state index contributed by atoms with van der Waals surface area (Å²) in [7, 11) is 8.86. The SMILES string of the molecule is CNCCc1cc(OC)c(Oc2c3c(cc(OC)c2OCc2ccccc2)CCN(C)C3)cc1CCc1ccc(Oc2cc(C)c([N+](=O)[O-])cc2OC)cc1. The van der Waals surface area contributed by atoms with Gasteiger partial charge < -0.3 is 38.6 Å². The molecule has 0 saturated carbocycles. The maximum absolute atomic E-state index is 11.4. The molecule has 0 spiro atoms. The van der Waals surface area contributed by atoms with Gasteiger partial charge in [0.15, 0.2) is 34.5 Å². The third-order valence-corrected chi connectivity index (χ3v) is 9.89. The molecule has 55 heavy (non-hydrogen) atoms. The number of ether oxygens (including phenoxy) is 6. The number of nitrogens with one attached hydrogen (secondary N) is 1. The van der Waals surface area contributed by atoms with Gasteiger partial charge in [0.05, 0.1) is 32.3 Å². The second-order valence-corrected chi connectivity index (χ2v) is 13.7. The summed E-state index contributed by atoms with van der Waals surface area (Å²) >= 11 is 0. The van der Waals surface area contributed by atoms with Gasteiger partial charge in [0.25, 0.3) is 5.69 Å². The Morgan fingerprint density at radius 3 is 2.11 bits per heavy atom. The zero-order valence-corrected chi connectivity index (χ0v) is 32.4. The third kappa shape index (κ3) is 9.30. The van der Waals surface area contributed by atoms with Gasteiger partial charge in [-0.15, -0.1) is 0 Å². The lowest BCUT2D eigenvalue weighted by Gasteiger charge is -2.29. The second-order valence-electron chi connectivity index (χ2n) is 13.7. The number of rotatable bonds is 17. The average Bonchev–Trinajstić information content (AvgIpc) is 3.19. The fraction of sp³-hybridized carbons (Fsp3) is 0.318. The van der Waals surface area contributed by atoms with Crippen LogP contribution in [0.1, 0.15) is 38.9 Å². The van der Waals surface area contributed by atoms with Crippen LogP contribution < -0.4 is 33.7 Å². The van der Waals surface area contributed by atoms with Crippen LogP contribution in [0.5, 0.6) is 46.0 Å². The van der Waals surface area contributed by atoms with E-state index in [9.17, 15) is 10.1 Å². The van der Waals surface area contributed by atoms with Gasteiger partial charge in [-0.05, 0) is 117 Å². The van der Waals surface area contributed by atoms with Gasteiger partial charge in [-0.25, -0.2) is 0 Å². The highest BCUT2D eigenvalue weighted by Crippen LogP contribution is 2.48. The molecule has 11 heteroatoms. The molecule has 6 rings (SSSR count). The topological polar surface area (TPSA) is 114 Å². The molecule has 0 bridgehead atoms. The molecule has 1 aliphatic heterocycles. The summed E-state index contributed by atoms with van der Waals surface area (Å²) < 4.78 is 36.8. The predicted molar refractivity (Wildman–Crippen MR) is 213 cm³/mol. The number of benzene rings is 5. The molecular formula is C44H49N3O8. The Bertz CT molecular complexity index is 2100. The van der Waals surface area contributed by atoms with Crippen LogP contribution in [0.2, 0.25) is 0 Å². The van der Waals surface area contributed by atoms with Crippen molar-refractivity contribution in [3.63, 3.8) is 0 Å². The second kappa shape index (κ2) is 18.0. The van der Waals surface area contributed by atoms with E-state index in [0.29, 0.717) is 64.7 Å². The summed E-state index contributed by atoms with van der Waals surface area (Å²) in [5.74, 6) is 4.39. The van der Waals surface area contributed by atoms with E-state index in [1.54, 1.807) is 27.2 Å². The Morgan fingerprint density at radius 2 is 1.42 bits per heavy atom. The van der Waals surface area contributed by atoms with Crippen molar-refractivity contribution in [3.8, 4) is 46.0 Å². The van der Waals surface area contributed by atoms with Gasteiger partial charge in [0.2, 0.25) is 5.75 Å². The standard InChI is InChI=1S/C44H49N3O8/c1-29-22-40(39(51-5)26-37(29)47(48)49)54-35-16-13-30(14-17-35)12-15-32-24-41(38(50-4)23-33(32)18-20-45-2)55-43-36-27-46(3)21-19-34(36)25-42(52-6)44(43)53-28-31-10-8-7-9-11-31/h7-11,13-14,16-17,22-26,45H,12,15,18-21,27-28H2,1-6H3. The first-order valence-corrected chi connectivity index (χ1v) is 18.4. The minimum atomic E-state index is -0.429. The van der Waals surface area contributed by atoms with Crippen molar-refractivity contribution in [2.24, 2.45) is 0 Å². The molecule has 0 unspecified atom stereocenters. The van der Waals surface area contributed by atoms with E-state index in [-0.39, 0.29) is 5.69 Å². The van der Waals surface area contributed by atoms with Gasteiger partial charge in [-0.3, -0.25) is 10.1 Å². The van der Waals surface area contributed by atoms with E-state index >= 15 is 0 Å². The van der Waals surface area contributed by atoms with Crippen molar-refractivity contribution in [1.82, 2.24) is 10.2 Å². The lowest BCUT2D eigenvalue weighted by Crippen LogP contribution is -2.27. The zero-order chi connectivity index (χ0) is 38.9. The molecule has 0 amide bonds. The monoisotopic (exact) mass is 747 g/mol. The molecule has 11 nitrogen and oxygen atoms in total. The van der Waals surface area contributed by atoms with Crippen molar-refractivity contribution in [2.45, 2.75) is 45.8 Å². The van der Waals surface area contributed by atoms with E-state index in [0.717, 1.165) is 61.0 Å². The van der Waals surface area contributed by atoms with Gasteiger partial charge in [-0.2, -0.15) is 0 Å². The number of methoxy groups -OCH3 is 3. The summed E-state index contributed by atoms with van der Waals surface area (Å²) in [6, 6.07) is 27.2. The fourth-order valence-electron chi connectivity index (χ4n) is 6.82. The highest BCUT2D eigenvalue weighted by atomic mass is 16.6. The summed E-state index contributed by atoms with van der Waals surface area (Å²) in [6.07, 6.45) is 3.21. The molecule has 5 aromatic rings. The van der Waals surface area contributed by atoms with Crippen molar-refractivity contribution in [2.75, 3.05) is 48.5 Å². The van der Waals surface area contributed by atoms with Crippen molar-refractivity contribution in [3.05, 3.63) is 134 Å². The molecule has 0 saturated heterocycles. The number of nitro groups is 1. The molecule has 0 atom stereocenters. The Kier molecular flexibility index (Phi) is 12.8. The molecular weight excluding hydrogens is 698 g/mol. The molecule has 0 aliphatic carbocycles. The van der Waals surface area contributed by atoms with Crippen LogP contribution >= 0.6 is 0 Å². The quantitative estimate of drug-likeness (QED) is 0.0733. The Morgan fingerprint density at radius 1 is 0.745 bits per heavy atom. The Hall–Kier alpha value is -5.78. The summed E-state index contributed by atoms with van der Waals surface area (Å²) in [5.41, 5.74) is 7.21. The van der Waals surface area contributed by atoms with Crippen LogP contribution in [0.25, 0.3) is 0 Å². The van der Waals surface area contributed by atoms with Gasteiger partial charge in [0, 0.05) is 24.2 Å². The highest BCUT2D eigenvalue weighted by molar-refractivity contribution is 5.62. The summed E-state index contributed by atoms with van der Waals surface area (Å²) in [6.45, 7) is 4.49. The normalized spacial score (nSPS) is 12.5. The first-order chi connectivity index (χ1) is 26.7. The van der Waals surface area contributed by atoms with E-state index in [4.69, 9.17) is 28.4 Å². The van der Waals surface area contributed by atoms with E-state index < -0.39 is 4.92 Å². The maximum atomic E-state index is 11.4. The van der Waals surface area contributed by atoms with Crippen LogP contribution in [0.15, 0.2) is 84.9 Å². The molecule has 1 aliphatic rings. The lowest BCUT2D eigenvalue weighted by atomic mass is 9.96. The third-order valence-electron chi connectivity index (χ3n) is 9.89. The molecule has 0 aromatic heterocycles. The van der Waals surface area contributed by atoms with Crippen LogP contribution in [0.4, 0.5) is 5.69 Å². The number of nitrogens with zero attached hydrogens (tertiary/aromatic N) is 2. The van der Waals surface area contributed by atoms with Crippen LogP contribution in [-0.4, -0.2) is 58.3 Å². The molecule has 0 radical (unpaired) electrons. The van der Waals surface area contributed by atoms with Crippen LogP contribution in [0.3, 0.4) is 0 Å². The number of likely N-dealkylation sites (N-methyl/N-ethyl adjacent to an activating group) is 2. The summed E-state index contributed by atoms with van der Waals surface area (Å²) in [4.78, 5) is 13.3. The number of hydrogen-bond donors (Lipinski definition) is 1. The minimum Gasteiger partial charge on any atom is -0.493 e. The largest absolute Gasteiger partial charge is 0.493 e. The molecule has 5 aromatic carbocycles. The van der Waals surface area contributed by atoms with Gasteiger partial charge in [0.1, 0.15) is 12.4 Å². The molecule has 288 valence electrons. The maximum Gasteiger partial charge on any atom is 0.276 e. The van der Waals surface area contributed by atoms with Gasteiger partial charge in [-0.1, -0.05) is 42.5 Å². The Balaban J connectivity index is 1.29. The van der Waals surface area contributed by atoms with Crippen molar-refractivity contribution in [1.29, 1.82) is 0 Å². The fourth-order valence-corrected chi connectivity index (χ4v) is 6.82. The molecule has 1 N–H and O–H groups in total. The van der Waals surface area contributed by atoms with E-state index in [1.165, 1.54) is 24.3 Å². The molecule has 1 heterocycles. The van der Waals surface area contributed by atoms with Crippen LogP contribution in [-0.2, 0) is 38.8 Å². The minimum absolute atomic E-state index is 0.0204. The van der Waals surface area contributed by atoms with Crippen molar-refractivity contribution >= 4 is 5.69 Å². The number of fused-ring (bicyclic) bond motifs is 1. The predicted octanol–water partition coefficient (Wildman–Crippen LogP) is 8.63. The number of hydrogen-bond acceptors (Lipinski definition) is 10. The van der Waals surface area contributed by atoms with Gasteiger partial charge >= 0.3 is 0 Å². The first kappa shape index (κ1) is 38.9. The Labute approximate surface area is 322 Å². The van der Waals surface area contributed by atoms with E-state index in [1.807, 2.05) is 61.6 Å². The van der Waals surface area contributed by atoms with Crippen molar-refractivity contribution < 1.29 is 33.3 Å².